The van der Waals surface area contributed by atoms with Gasteiger partial charge in [0.15, 0.2) is 0 Å². The topological polar surface area (TPSA) is 41.5 Å². The zero-order valence-corrected chi connectivity index (χ0v) is 15.7. The van der Waals surface area contributed by atoms with Gasteiger partial charge in [0.25, 0.3) is 0 Å². The van der Waals surface area contributed by atoms with Crippen molar-refractivity contribution in [2.45, 2.75) is 39.2 Å². The van der Waals surface area contributed by atoms with Gasteiger partial charge in [0.1, 0.15) is 5.82 Å². The summed E-state index contributed by atoms with van der Waals surface area (Å²) >= 11 is 0. The smallest absolute Gasteiger partial charge is 0.213 e. The summed E-state index contributed by atoms with van der Waals surface area (Å²) in [5, 5.41) is 0. The molecule has 0 saturated carbocycles. The van der Waals surface area contributed by atoms with Crippen LogP contribution in [0.15, 0.2) is 30.5 Å². The van der Waals surface area contributed by atoms with Crippen LogP contribution in [0.1, 0.15) is 36.1 Å². The van der Waals surface area contributed by atoms with Gasteiger partial charge in [-0.15, -0.1) is 0 Å². The lowest BCUT2D eigenvalue weighted by Gasteiger charge is -2.29. The van der Waals surface area contributed by atoms with Crippen molar-refractivity contribution in [1.82, 2.24) is 14.9 Å². The van der Waals surface area contributed by atoms with E-state index in [0.29, 0.717) is 0 Å². The lowest BCUT2D eigenvalue weighted by atomic mass is 10.1. The first-order chi connectivity index (χ1) is 12.8. The maximum Gasteiger partial charge on any atom is 0.213 e. The van der Waals surface area contributed by atoms with E-state index in [2.05, 4.69) is 39.9 Å². The molecule has 0 aliphatic carbocycles. The van der Waals surface area contributed by atoms with Crippen LogP contribution in [0.5, 0.6) is 5.88 Å². The molecule has 2 aliphatic rings. The predicted octanol–water partition coefficient (Wildman–Crippen LogP) is 3.21. The van der Waals surface area contributed by atoms with Gasteiger partial charge in [-0.05, 0) is 56.5 Å². The Morgan fingerprint density at radius 3 is 2.77 bits per heavy atom. The SMILES string of the molecule is Cc1ccc(N2CCc3nc(OCCCN4CCCC4)ccc3C2)nc1. The van der Waals surface area contributed by atoms with E-state index >= 15 is 0 Å². The van der Waals surface area contributed by atoms with E-state index in [0.717, 1.165) is 50.8 Å². The summed E-state index contributed by atoms with van der Waals surface area (Å²) in [6.07, 6.45) is 6.65. The second kappa shape index (κ2) is 8.04. The fourth-order valence-electron chi connectivity index (χ4n) is 3.79. The number of hydrogen-bond donors (Lipinski definition) is 0. The minimum Gasteiger partial charge on any atom is -0.478 e. The molecule has 0 aromatic carbocycles. The van der Waals surface area contributed by atoms with E-state index < -0.39 is 0 Å². The first kappa shape index (κ1) is 17.3. The number of fused-ring (bicyclic) bond motifs is 1. The molecule has 0 radical (unpaired) electrons. The molecule has 0 spiro atoms. The zero-order valence-electron chi connectivity index (χ0n) is 15.7. The minimum atomic E-state index is 0.752. The van der Waals surface area contributed by atoms with Crippen molar-refractivity contribution in [3.05, 3.63) is 47.3 Å². The second-order valence-electron chi connectivity index (χ2n) is 7.37. The number of nitrogens with zero attached hydrogens (tertiary/aromatic N) is 4. The maximum absolute atomic E-state index is 5.89. The summed E-state index contributed by atoms with van der Waals surface area (Å²) in [5.74, 6) is 1.82. The second-order valence-corrected chi connectivity index (χ2v) is 7.37. The van der Waals surface area contributed by atoms with Gasteiger partial charge >= 0.3 is 0 Å². The molecule has 2 aliphatic heterocycles. The van der Waals surface area contributed by atoms with Crippen molar-refractivity contribution in [3.8, 4) is 5.88 Å². The standard InChI is InChI=1S/C21H28N4O/c1-17-5-7-20(22-15-17)25-13-9-19-18(16-25)6-8-21(23-19)26-14-4-12-24-10-2-3-11-24/h5-8,15H,2-4,9-14,16H2,1H3. The highest BCUT2D eigenvalue weighted by molar-refractivity contribution is 5.43. The number of aryl methyl sites for hydroxylation is 1. The molecular weight excluding hydrogens is 324 g/mol. The summed E-state index contributed by atoms with van der Waals surface area (Å²) in [4.78, 5) is 14.1. The Hall–Kier alpha value is -2.14. The molecule has 4 rings (SSSR count). The number of pyridine rings is 2. The number of aromatic nitrogens is 2. The molecule has 1 saturated heterocycles. The molecular formula is C21H28N4O. The molecule has 0 bridgehead atoms. The number of anilines is 1. The van der Waals surface area contributed by atoms with Crippen LogP contribution >= 0.6 is 0 Å². The quantitative estimate of drug-likeness (QED) is 0.747. The van der Waals surface area contributed by atoms with E-state index in [4.69, 9.17) is 9.72 Å². The van der Waals surface area contributed by atoms with Gasteiger partial charge in [-0.25, -0.2) is 9.97 Å². The van der Waals surface area contributed by atoms with Crippen molar-refractivity contribution in [3.63, 3.8) is 0 Å². The zero-order chi connectivity index (χ0) is 17.8. The third kappa shape index (κ3) is 4.15. The molecule has 2 aromatic rings. The van der Waals surface area contributed by atoms with Gasteiger partial charge in [0, 0.05) is 38.3 Å². The summed E-state index contributed by atoms with van der Waals surface area (Å²) in [6.45, 7) is 8.29. The van der Waals surface area contributed by atoms with Crippen LogP contribution < -0.4 is 9.64 Å². The molecule has 0 unspecified atom stereocenters. The molecule has 5 nitrogen and oxygen atoms in total. The summed E-state index contributed by atoms with van der Waals surface area (Å²) < 4.78 is 5.89. The van der Waals surface area contributed by atoms with Gasteiger partial charge in [0.2, 0.25) is 5.88 Å². The Morgan fingerprint density at radius 1 is 1.08 bits per heavy atom. The molecule has 26 heavy (non-hydrogen) atoms. The minimum absolute atomic E-state index is 0.752. The van der Waals surface area contributed by atoms with Crippen molar-refractivity contribution in [2.24, 2.45) is 0 Å². The lowest BCUT2D eigenvalue weighted by molar-refractivity contribution is 0.256. The number of rotatable bonds is 6. The van der Waals surface area contributed by atoms with E-state index in [-0.39, 0.29) is 0 Å². The van der Waals surface area contributed by atoms with Gasteiger partial charge in [0.05, 0.1) is 12.3 Å². The molecule has 4 heterocycles. The van der Waals surface area contributed by atoms with Crippen molar-refractivity contribution in [2.75, 3.05) is 37.7 Å². The molecule has 5 heteroatoms. The Morgan fingerprint density at radius 2 is 1.96 bits per heavy atom. The van der Waals surface area contributed by atoms with Crippen LogP contribution in [0.3, 0.4) is 0 Å². The molecule has 0 N–H and O–H groups in total. The van der Waals surface area contributed by atoms with Gasteiger partial charge in [-0.2, -0.15) is 0 Å². The number of ether oxygens (including phenoxy) is 1. The van der Waals surface area contributed by atoms with E-state index in [1.807, 2.05) is 12.3 Å². The maximum atomic E-state index is 5.89. The number of hydrogen-bond acceptors (Lipinski definition) is 5. The summed E-state index contributed by atoms with van der Waals surface area (Å²) in [5.41, 5.74) is 3.65. The lowest BCUT2D eigenvalue weighted by Crippen LogP contribution is -2.31. The highest BCUT2D eigenvalue weighted by atomic mass is 16.5. The molecule has 1 fully saturated rings. The third-order valence-corrected chi connectivity index (χ3v) is 5.31. The molecule has 0 amide bonds. The number of likely N-dealkylation sites (tertiary alicyclic amines) is 1. The fourth-order valence-corrected chi connectivity index (χ4v) is 3.79. The van der Waals surface area contributed by atoms with Crippen LogP contribution in [-0.4, -0.2) is 47.7 Å². The van der Waals surface area contributed by atoms with Crippen molar-refractivity contribution < 1.29 is 4.74 Å². The largest absolute Gasteiger partial charge is 0.478 e. The Kier molecular flexibility index (Phi) is 5.34. The van der Waals surface area contributed by atoms with E-state index in [1.165, 1.54) is 42.8 Å². The van der Waals surface area contributed by atoms with E-state index in [1.54, 1.807) is 0 Å². The molecule has 2 aromatic heterocycles. The van der Waals surface area contributed by atoms with Crippen LogP contribution in [0, 0.1) is 6.92 Å². The Bertz CT molecular complexity index is 725. The summed E-state index contributed by atoms with van der Waals surface area (Å²) in [6, 6.07) is 8.40. The average molecular weight is 352 g/mol. The van der Waals surface area contributed by atoms with Gasteiger partial charge < -0.3 is 14.5 Å². The van der Waals surface area contributed by atoms with E-state index in [9.17, 15) is 0 Å². The Labute approximate surface area is 156 Å². The Balaban J connectivity index is 1.31. The van der Waals surface area contributed by atoms with Crippen LogP contribution in [0.25, 0.3) is 0 Å². The first-order valence-electron chi connectivity index (χ1n) is 9.79. The van der Waals surface area contributed by atoms with Gasteiger partial charge in [-0.1, -0.05) is 12.1 Å². The normalized spacial score (nSPS) is 17.3. The first-order valence-corrected chi connectivity index (χ1v) is 9.79. The predicted molar refractivity (Wildman–Crippen MR) is 104 cm³/mol. The highest BCUT2D eigenvalue weighted by Gasteiger charge is 2.19. The van der Waals surface area contributed by atoms with Crippen molar-refractivity contribution in [1.29, 1.82) is 0 Å². The molecule has 0 atom stereocenters. The highest BCUT2D eigenvalue weighted by Crippen LogP contribution is 2.24. The van der Waals surface area contributed by atoms with Crippen LogP contribution in [0.4, 0.5) is 5.82 Å². The van der Waals surface area contributed by atoms with Crippen LogP contribution in [0.2, 0.25) is 0 Å². The summed E-state index contributed by atoms with van der Waals surface area (Å²) in [7, 11) is 0. The molecule has 138 valence electrons. The average Bonchev–Trinajstić information content (AvgIpc) is 3.19. The third-order valence-electron chi connectivity index (χ3n) is 5.31. The fraction of sp³-hybridized carbons (Fsp3) is 0.524. The monoisotopic (exact) mass is 352 g/mol. The van der Waals surface area contributed by atoms with Gasteiger partial charge in [-0.3, -0.25) is 0 Å². The van der Waals surface area contributed by atoms with Crippen molar-refractivity contribution >= 4 is 5.82 Å². The van der Waals surface area contributed by atoms with Crippen LogP contribution in [-0.2, 0) is 13.0 Å².